The molecule has 3 aliphatic rings. The smallest absolute Gasteiger partial charge is 0.226 e. The highest BCUT2D eigenvalue weighted by molar-refractivity contribution is 9.10. The molecule has 1 aromatic carbocycles. The van der Waals surface area contributed by atoms with Crippen LogP contribution in [-0.4, -0.2) is 28.8 Å². The van der Waals surface area contributed by atoms with Crippen LogP contribution in [0.25, 0.3) is 0 Å². The number of aromatic nitrogens is 1. The van der Waals surface area contributed by atoms with Gasteiger partial charge in [-0.2, -0.15) is 0 Å². The normalized spacial score (nSPS) is 30.5. The first-order valence-electron chi connectivity index (χ1n) is 12.3. The zero-order valence-electron chi connectivity index (χ0n) is 20.2. The first-order valence-corrected chi connectivity index (χ1v) is 13.9. The van der Waals surface area contributed by atoms with E-state index in [1.165, 1.54) is 11.3 Å². The molecule has 35 heavy (non-hydrogen) atoms. The number of aryl methyl sites for hydroxylation is 1. The van der Waals surface area contributed by atoms with Crippen LogP contribution in [0.4, 0.5) is 9.52 Å². The first kappa shape index (κ1) is 24.7. The van der Waals surface area contributed by atoms with Crippen LogP contribution in [0.1, 0.15) is 67.4 Å². The number of thiazole rings is 1. The van der Waals surface area contributed by atoms with Crippen molar-refractivity contribution >= 4 is 44.0 Å². The van der Waals surface area contributed by atoms with Crippen molar-refractivity contribution in [2.75, 3.05) is 12.4 Å². The van der Waals surface area contributed by atoms with Gasteiger partial charge in [0.1, 0.15) is 7.11 Å². The molecular weight excluding hydrogens is 533 g/mol. The third kappa shape index (κ3) is 4.28. The van der Waals surface area contributed by atoms with Crippen molar-refractivity contribution < 1.29 is 19.1 Å². The van der Waals surface area contributed by atoms with E-state index >= 15 is 0 Å². The Labute approximate surface area is 217 Å². The fraction of sp³-hybridized carbons (Fsp3) is 0.577. The van der Waals surface area contributed by atoms with Crippen LogP contribution in [0.2, 0.25) is 0 Å². The quantitative estimate of drug-likeness (QED) is 0.403. The van der Waals surface area contributed by atoms with Gasteiger partial charge in [0.2, 0.25) is 5.91 Å². The lowest BCUT2D eigenvalue weighted by molar-refractivity contribution is -0.116. The lowest BCUT2D eigenvalue weighted by atomic mass is 9.54. The Morgan fingerprint density at radius 2 is 2.26 bits per heavy atom. The van der Waals surface area contributed by atoms with E-state index in [1.54, 1.807) is 19.4 Å². The van der Waals surface area contributed by atoms with Crippen LogP contribution in [0.5, 0.6) is 5.75 Å². The molecule has 9 heteroatoms. The minimum Gasteiger partial charge on any atom is -0.504 e. The van der Waals surface area contributed by atoms with Gasteiger partial charge in [0.05, 0.1) is 10.2 Å². The monoisotopic (exact) mass is 563 g/mol. The number of carbonyl (C=O) groups is 1. The zero-order chi connectivity index (χ0) is 24.9. The van der Waals surface area contributed by atoms with Crippen molar-refractivity contribution in [2.24, 2.45) is 28.3 Å². The van der Waals surface area contributed by atoms with E-state index in [0.717, 1.165) is 60.2 Å². The Morgan fingerprint density at radius 3 is 2.97 bits per heavy atom. The molecule has 3 aliphatic carbocycles. The predicted molar refractivity (Wildman–Crippen MR) is 138 cm³/mol. The van der Waals surface area contributed by atoms with Gasteiger partial charge in [-0.3, -0.25) is 4.79 Å². The van der Waals surface area contributed by atoms with E-state index in [4.69, 9.17) is 4.84 Å². The highest BCUT2D eigenvalue weighted by Gasteiger charge is 2.57. The number of amides is 1. The molecular formula is C26H31BrFN3O3S. The second-order valence-electron chi connectivity index (χ2n) is 10.4. The summed E-state index contributed by atoms with van der Waals surface area (Å²) in [5, 5.41) is 18.2. The number of oxime groups is 1. The van der Waals surface area contributed by atoms with Crippen LogP contribution in [-0.2, 0) is 16.1 Å². The Hall–Kier alpha value is -2.00. The van der Waals surface area contributed by atoms with Gasteiger partial charge in [0.15, 0.2) is 16.7 Å². The van der Waals surface area contributed by atoms with E-state index in [-0.39, 0.29) is 23.0 Å². The van der Waals surface area contributed by atoms with Crippen molar-refractivity contribution in [3.63, 3.8) is 0 Å². The fourth-order valence-electron chi connectivity index (χ4n) is 7.15. The zero-order valence-corrected chi connectivity index (χ0v) is 22.6. The molecule has 0 saturated heterocycles. The average molecular weight is 565 g/mol. The number of fused-ring (bicyclic) bond motifs is 5. The lowest BCUT2D eigenvalue weighted by Gasteiger charge is -2.50. The minimum atomic E-state index is -0.566. The van der Waals surface area contributed by atoms with E-state index in [1.807, 2.05) is 6.92 Å². The first-order chi connectivity index (χ1) is 16.7. The van der Waals surface area contributed by atoms with Crippen LogP contribution in [0.3, 0.4) is 0 Å². The number of aromatic hydroxyl groups is 1. The number of nitrogens with one attached hydrogen (secondary N) is 1. The number of hydrogen-bond acceptors (Lipinski definition) is 6. The van der Waals surface area contributed by atoms with Gasteiger partial charge in [-0.05, 0) is 102 Å². The Balaban J connectivity index is 1.41. The SMILES string of the molecule is CON=C1C[C@@H](CCC(=O)Nc2ncc(C)s2)C2C3CCc4c(cc(F)c(O)c4Br)C3CC[C@]12C. The summed E-state index contributed by atoms with van der Waals surface area (Å²) in [6.07, 6.45) is 7.44. The molecule has 2 saturated carbocycles. The van der Waals surface area contributed by atoms with Crippen LogP contribution in [0.15, 0.2) is 21.9 Å². The van der Waals surface area contributed by atoms with E-state index in [0.29, 0.717) is 33.8 Å². The molecule has 0 spiro atoms. The Kier molecular flexibility index (Phi) is 6.68. The highest BCUT2D eigenvalue weighted by atomic mass is 79.9. The number of phenolic OH excluding ortho intramolecular Hbond substituents is 1. The van der Waals surface area contributed by atoms with Gasteiger partial charge in [0, 0.05) is 22.9 Å². The van der Waals surface area contributed by atoms with Crippen molar-refractivity contribution in [1.82, 2.24) is 4.98 Å². The third-order valence-corrected chi connectivity index (χ3v) is 10.3. The molecule has 2 aromatic rings. The second kappa shape index (κ2) is 9.47. The summed E-state index contributed by atoms with van der Waals surface area (Å²) in [6.45, 7) is 4.27. The molecule has 1 amide bonds. The van der Waals surface area contributed by atoms with Gasteiger partial charge in [-0.1, -0.05) is 12.1 Å². The Morgan fingerprint density at radius 1 is 1.46 bits per heavy atom. The molecule has 0 radical (unpaired) electrons. The number of carbonyl (C=O) groups excluding carboxylic acids is 1. The largest absolute Gasteiger partial charge is 0.504 e. The molecule has 0 bridgehead atoms. The molecule has 188 valence electrons. The maximum atomic E-state index is 14.5. The summed E-state index contributed by atoms with van der Waals surface area (Å²) >= 11 is 4.92. The van der Waals surface area contributed by atoms with Crippen molar-refractivity contribution in [3.05, 3.63) is 38.6 Å². The van der Waals surface area contributed by atoms with Crippen molar-refractivity contribution in [2.45, 2.75) is 64.7 Å². The maximum Gasteiger partial charge on any atom is 0.226 e. The van der Waals surface area contributed by atoms with Crippen LogP contribution >= 0.6 is 27.3 Å². The van der Waals surface area contributed by atoms with E-state index < -0.39 is 5.82 Å². The molecule has 5 atom stereocenters. The second-order valence-corrected chi connectivity index (χ2v) is 12.5. The summed E-state index contributed by atoms with van der Waals surface area (Å²) in [7, 11) is 1.59. The van der Waals surface area contributed by atoms with Crippen molar-refractivity contribution in [1.29, 1.82) is 0 Å². The number of halogens is 2. The number of hydrogen-bond donors (Lipinski definition) is 2. The molecule has 6 nitrogen and oxygen atoms in total. The van der Waals surface area contributed by atoms with Crippen molar-refractivity contribution in [3.8, 4) is 5.75 Å². The fourth-order valence-corrected chi connectivity index (χ4v) is 8.44. The maximum absolute atomic E-state index is 14.5. The minimum absolute atomic E-state index is 0.0130. The molecule has 5 rings (SSSR count). The van der Waals surface area contributed by atoms with Crippen LogP contribution in [0, 0.1) is 35.9 Å². The predicted octanol–water partition coefficient (Wildman–Crippen LogP) is 6.56. The average Bonchev–Trinajstić information content (AvgIpc) is 3.36. The van der Waals surface area contributed by atoms with Gasteiger partial charge >= 0.3 is 0 Å². The molecule has 2 N–H and O–H groups in total. The summed E-state index contributed by atoms with van der Waals surface area (Å²) in [5.41, 5.74) is 3.06. The molecule has 0 aliphatic heterocycles. The molecule has 1 heterocycles. The lowest BCUT2D eigenvalue weighted by Crippen LogP contribution is -2.44. The van der Waals surface area contributed by atoms with Gasteiger partial charge in [-0.15, -0.1) is 11.3 Å². The van der Waals surface area contributed by atoms with E-state index in [9.17, 15) is 14.3 Å². The van der Waals surface area contributed by atoms with E-state index in [2.05, 4.69) is 38.3 Å². The summed E-state index contributed by atoms with van der Waals surface area (Å²) in [6, 6.07) is 1.55. The number of phenols is 1. The number of benzene rings is 1. The number of nitrogens with zero attached hydrogens (tertiary/aromatic N) is 2. The van der Waals surface area contributed by atoms with Gasteiger partial charge in [0.25, 0.3) is 0 Å². The Bertz CT molecular complexity index is 1180. The van der Waals surface area contributed by atoms with Crippen LogP contribution < -0.4 is 5.32 Å². The summed E-state index contributed by atoms with van der Waals surface area (Å²) in [5.74, 6) is 0.379. The number of rotatable bonds is 5. The van der Waals surface area contributed by atoms with Gasteiger partial charge < -0.3 is 15.3 Å². The highest BCUT2D eigenvalue weighted by Crippen LogP contribution is 2.63. The summed E-state index contributed by atoms with van der Waals surface area (Å²) in [4.78, 5) is 23.3. The third-order valence-electron chi connectivity index (χ3n) is 8.58. The summed E-state index contributed by atoms with van der Waals surface area (Å²) < 4.78 is 15.0. The molecule has 2 fully saturated rings. The molecule has 3 unspecified atom stereocenters. The topological polar surface area (TPSA) is 83.8 Å². The molecule has 1 aromatic heterocycles. The van der Waals surface area contributed by atoms with Gasteiger partial charge in [-0.25, -0.2) is 9.37 Å². The number of anilines is 1. The standard InChI is InChI=1S/C26H31BrFN3O3S/c1-13-12-29-25(35-13)30-21(32)7-4-14-10-20(31-34-3)26(2)9-8-15-16(22(14)26)5-6-17-18(15)11-19(28)24(33)23(17)27/h11-12,14-16,22,33H,4-10H2,1-3H3,(H,29,30,32)/t14-,15?,16?,22?,26-/m1/s1.